The average Bonchev–Trinajstić information content (AvgIpc) is 2.12. The molecule has 3 heteroatoms. The predicted molar refractivity (Wildman–Crippen MR) is 55.9 cm³/mol. The van der Waals surface area contributed by atoms with E-state index in [0.29, 0.717) is 10.7 Å². The summed E-state index contributed by atoms with van der Waals surface area (Å²) in [4.78, 5) is 4.18. The van der Waals surface area contributed by atoms with Crippen LogP contribution in [-0.2, 0) is 0 Å². The van der Waals surface area contributed by atoms with Crippen LogP contribution < -0.4 is 5.73 Å². The van der Waals surface area contributed by atoms with E-state index >= 15 is 0 Å². The van der Waals surface area contributed by atoms with Crippen LogP contribution in [0.5, 0.6) is 0 Å². The van der Waals surface area contributed by atoms with Gasteiger partial charge >= 0.3 is 0 Å². The zero-order valence-corrected chi connectivity index (χ0v) is 7.97. The molecule has 0 saturated carbocycles. The highest BCUT2D eigenvalue weighted by Gasteiger charge is 2.03. The van der Waals surface area contributed by atoms with Crippen molar-refractivity contribution in [2.45, 2.75) is 6.92 Å². The Morgan fingerprint density at radius 1 is 1.23 bits per heavy atom. The number of nitrogen functional groups attached to an aromatic ring is 1. The van der Waals surface area contributed by atoms with Gasteiger partial charge < -0.3 is 5.73 Å². The number of halogens is 1. The number of aryl methyl sites for hydroxylation is 1. The Bertz CT molecular complexity index is 466. The molecule has 1 aromatic carbocycles. The molecule has 0 radical (unpaired) electrons. The van der Waals surface area contributed by atoms with E-state index < -0.39 is 0 Å². The van der Waals surface area contributed by atoms with Crippen LogP contribution in [0.1, 0.15) is 5.69 Å². The van der Waals surface area contributed by atoms with Gasteiger partial charge in [0.05, 0.1) is 10.7 Å². The van der Waals surface area contributed by atoms with Gasteiger partial charge in [-0.05, 0) is 19.1 Å². The minimum absolute atomic E-state index is 0.595. The van der Waals surface area contributed by atoms with Gasteiger partial charge in [-0.3, -0.25) is 4.98 Å². The average molecular weight is 193 g/mol. The Morgan fingerprint density at radius 2 is 2.00 bits per heavy atom. The van der Waals surface area contributed by atoms with Crippen molar-refractivity contribution in [1.29, 1.82) is 0 Å². The smallest absolute Gasteiger partial charge is 0.0642 e. The quantitative estimate of drug-likeness (QED) is 0.652. The number of pyridine rings is 1. The zero-order chi connectivity index (χ0) is 9.42. The summed E-state index contributed by atoms with van der Waals surface area (Å²) in [7, 11) is 0. The third kappa shape index (κ3) is 1.23. The number of benzene rings is 1. The first-order valence-corrected chi connectivity index (χ1v) is 4.37. The summed E-state index contributed by atoms with van der Waals surface area (Å²) in [5.41, 5.74) is 7.43. The maximum absolute atomic E-state index is 5.89. The monoisotopic (exact) mass is 192 g/mol. The number of hydrogen-bond donors (Lipinski definition) is 1. The molecule has 0 saturated heterocycles. The Kier molecular flexibility index (Phi) is 1.85. The molecule has 0 aliphatic rings. The zero-order valence-electron chi connectivity index (χ0n) is 7.21. The third-order valence-corrected chi connectivity index (χ3v) is 2.46. The van der Waals surface area contributed by atoms with Crippen LogP contribution in [0.4, 0.5) is 5.69 Å². The van der Waals surface area contributed by atoms with Crippen molar-refractivity contribution in [2.24, 2.45) is 0 Å². The maximum Gasteiger partial charge on any atom is 0.0642 e. The molecule has 0 aliphatic carbocycles. The highest BCUT2D eigenvalue weighted by molar-refractivity contribution is 6.34. The van der Waals surface area contributed by atoms with Crippen molar-refractivity contribution in [3.63, 3.8) is 0 Å². The molecular formula is C10H9ClN2. The number of nitrogens with zero attached hydrogens (tertiary/aromatic N) is 1. The second kappa shape index (κ2) is 2.89. The van der Waals surface area contributed by atoms with E-state index in [4.69, 9.17) is 17.3 Å². The number of anilines is 1. The summed E-state index contributed by atoms with van der Waals surface area (Å²) in [5, 5.41) is 2.63. The van der Waals surface area contributed by atoms with Crippen LogP contribution in [-0.4, -0.2) is 4.98 Å². The van der Waals surface area contributed by atoms with E-state index in [1.54, 1.807) is 12.3 Å². The first kappa shape index (κ1) is 8.32. The molecule has 0 atom stereocenters. The molecule has 0 amide bonds. The summed E-state index contributed by atoms with van der Waals surface area (Å²) < 4.78 is 0. The van der Waals surface area contributed by atoms with Crippen LogP contribution in [0, 0.1) is 6.92 Å². The molecule has 0 spiro atoms. The fourth-order valence-electron chi connectivity index (χ4n) is 1.40. The van der Waals surface area contributed by atoms with Gasteiger partial charge in [0.2, 0.25) is 0 Å². The molecule has 0 bridgehead atoms. The molecule has 2 rings (SSSR count). The van der Waals surface area contributed by atoms with Crippen molar-refractivity contribution >= 4 is 28.1 Å². The Morgan fingerprint density at radius 3 is 2.77 bits per heavy atom. The molecular weight excluding hydrogens is 184 g/mol. The predicted octanol–water partition coefficient (Wildman–Crippen LogP) is 2.78. The van der Waals surface area contributed by atoms with Gasteiger partial charge in [-0.1, -0.05) is 17.7 Å². The topological polar surface area (TPSA) is 38.9 Å². The Labute approximate surface area is 81.3 Å². The van der Waals surface area contributed by atoms with Crippen molar-refractivity contribution in [3.05, 3.63) is 35.1 Å². The first-order valence-electron chi connectivity index (χ1n) is 3.99. The second-order valence-electron chi connectivity index (χ2n) is 2.95. The van der Waals surface area contributed by atoms with Crippen molar-refractivity contribution in [2.75, 3.05) is 5.73 Å². The summed E-state index contributed by atoms with van der Waals surface area (Å²) in [6, 6.07) is 5.62. The molecule has 2 aromatic rings. The summed E-state index contributed by atoms with van der Waals surface area (Å²) in [6.45, 7) is 1.95. The lowest BCUT2D eigenvalue weighted by Gasteiger charge is -2.05. The van der Waals surface area contributed by atoms with Gasteiger partial charge in [0.25, 0.3) is 0 Å². The number of aromatic nitrogens is 1. The fourth-order valence-corrected chi connectivity index (χ4v) is 1.56. The van der Waals surface area contributed by atoms with Crippen molar-refractivity contribution in [1.82, 2.24) is 4.98 Å². The minimum Gasteiger partial charge on any atom is -0.397 e. The molecule has 1 aromatic heterocycles. The summed E-state index contributed by atoms with van der Waals surface area (Å²) in [5.74, 6) is 0. The van der Waals surface area contributed by atoms with Crippen molar-refractivity contribution in [3.8, 4) is 0 Å². The van der Waals surface area contributed by atoms with E-state index in [1.165, 1.54) is 0 Å². The van der Waals surface area contributed by atoms with Gasteiger partial charge in [0.1, 0.15) is 0 Å². The molecule has 66 valence electrons. The standard InChI is InChI=1S/C10H9ClN2/c1-6-7-2-3-9(11)10(12)8(7)4-5-13-6/h2-5H,12H2,1H3. The lowest BCUT2D eigenvalue weighted by molar-refractivity contribution is 1.24. The second-order valence-corrected chi connectivity index (χ2v) is 3.36. The van der Waals surface area contributed by atoms with Gasteiger partial charge in [-0.2, -0.15) is 0 Å². The van der Waals surface area contributed by atoms with E-state index in [1.807, 2.05) is 19.1 Å². The van der Waals surface area contributed by atoms with Crippen LogP contribution in [0.3, 0.4) is 0 Å². The third-order valence-electron chi connectivity index (χ3n) is 2.13. The van der Waals surface area contributed by atoms with Gasteiger partial charge in [0.15, 0.2) is 0 Å². The van der Waals surface area contributed by atoms with Crippen LogP contribution >= 0.6 is 11.6 Å². The maximum atomic E-state index is 5.89. The lowest BCUT2D eigenvalue weighted by Crippen LogP contribution is -1.90. The normalized spacial score (nSPS) is 10.6. The van der Waals surface area contributed by atoms with Gasteiger partial charge in [-0.25, -0.2) is 0 Å². The molecule has 2 nitrogen and oxygen atoms in total. The first-order chi connectivity index (χ1) is 6.20. The van der Waals surface area contributed by atoms with Gasteiger partial charge in [-0.15, -0.1) is 0 Å². The van der Waals surface area contributed by atoms with E-state index in [2.05, 4.69) is 4.98 Å². The summed E-state index contributed by atoms with van der Waals surface area (Å²) in [6.07, 6.45) is 1.74. The molecule has 1 heterocycles. The molecule has 0 unspecified atom stereocenters. The van der Waals surface area contributed by atoms with E-state index in [-0.39, 0.29) is 0 Å². The Hall–Kier alpha value is -1.28. The number of hydrogen-bond acceptors (Lipinski definition) is 2. The van der Waals surface area contributed by atoms with Crippen LogP contribution in [0.25, 0.3) is 10.8 Å². The molecule has 0 aliphatic heterocycles. The number of rotatable bonds is 0. The van der Waals surface area contributed by atoms with Crippen molar-refractivity contribution < 1.29 is 0 Å². The largest absolute Gasteiger partial charge is 0.397 e. The van der Waals surface area contributed by atoms with E-state index in [9.17, 15) is 0 Å². The number of nitrogens with two attached hydrogens (primary N) is 1. The SMILES string of the molecule is Cc1nccc2c(N)c(Cl)ccc12. The molecule has 0 fully saturated rings. The summed E-state index contributed by atoms with van der Waals surface area (Å²) >= 11 is 5.89. The highest BCUT2D eigenvalue weighted by Crippen LogP contribution is 2.28. The highest BCUT2D eigenvalue weighted by atomic mass is 35.5. The van der Waals surface area contributed by atoms with E-state index in [0.717, 1.165) is 16.5 Å². The van der Waals surface area contributed by atoms with Crippen LogP contribution in [0.15, 0.2) is 24.4 Å². The number of fused-ring (bicyclic) bond motifs is 1. The minimum atomic E-state index is 0.595. The lowest BCUT2D eigenvalue weighted by atomic mass is 10.1. The van der Waals surface area contributed by atoms with Crippen LogP contribution in [0.2, 0.25) is 5.02 Å². The molecule has 13 heavy (non-hydrogen) atoms. The fraction of sp³-hybridized carbons (Fsp3) is 0.100. The molecule has 2 N–H and O–H groups in total. The van der Waals surface area contributed by atoms with Gasteiger partial charge in [0, 0.05) is 22.7 Å². The Balaban J connectivity index is 2.94.